The number of carbonyl (C=O) groups is 1. The molecular weight excluding hydrogens is 295 g/mol. The van der Waals surface area contributed by atoms with Crippen molar-refractivity contribution in [2.45, 2.75) is 6.42 Å². The van der Waals surface area contributed by atoms with Gasteiger partial charge in [0.15, 0.2) is 0 Å². The van der Waals surface area contributed by atoms with Crippen LogP contribution in [0.5, 0.6) is 0 Å². The van der Waals surface area contributed by atoms with Crippen molar-refractivity contribution in [3.05, 3.63) is 54.3 Å². The summed E-state index contributed by atoms with van der Waals surface area (Å²) < 4.78 is 14.5. The summed E-state index contributed by atoms with van der Waals surface area (Å²) in [6.07, 6.45) is 0.704. The van der Waals surface area contributed by atoms with Gasteiger partial charge in [0.25, 0.3) is 0 Å². The Morgan fingerprint density at radius 3 is 2.65 bits per heavy atom. The molecule has 3 N–H and O–H groups in total. The van der Waals surface area contributed by atoms with Crippen molar-refractivity contribution in [3.8, 4) is 11.3 Å². The number of hydrogen-bond donors (Lipinski definition) is 2. The average Bonchev–Trinajstić information content (AvgIpc) is 2.95. The van der Waals surface area contributed by atoms with Crippen LogP contribution >= 0.6 is 0 Å². The summed E-state index contributed by atoms with van der Waals surface area (Å²) in [4.78, 5) is 12.3. The number of rotatable bonds is 4. The number of halogens is 1. The molecule has 1 aromatic heterocycles. The quantitative estimate of drug-likeness (QED) is 0.728. The van der Waals surface area contributed by atoms with E-state index in [0.29, 0.717) is 30.7 Å². The molecule has 2 aromatic carbocycles. The minimum atomic E-state index is -0.308. The van der Waals surface area contributed by atoms with E-state index in [1.165, 1.54) is 16.8 Å². The van der Waals surface area contributed by atoms with Crippen LogP contribution in [0.1, 0.15) is 6.42 Å². The van der Waals surface area contributed by atoms with Gasteiger partial charge in [-0.15, -0.1) is 0 Å². The summed E-state index contributed by atoms with van der Waals surface area (Å²) in [5.41, 5.74) is 7.55. The van der Waals surface area contributed by atoms with Gasteiger partial charge in [0, 0.05) is 17.5 Å². The van der Waals surface area contributed by atoms with Gasteiger partial charge in [0.2, 0.25) is 0 Å². The Balaban J connectivity index is 2.03. The van der Waals surface area contributed by atoms with Crippen LogP contribution in [0.25, 0.3) is 22.2 Å². The Hall–Kier alpha value is -2.73. The summed E-state index contributed by atoms with van der Waals surface area (Å²) >= 11 is 0. The molecule has 0 saturated heterocycles. The van der Waals surface area contributed by atoms with Crippen LogP contribution in [0.15, 0.2) is 48.5 Å². The van der Waals surface area contributed by atoms with Crippen LogP contribution < -0.4 is 11.1 Å². The molecule has 1 heterocycles. The lowest BCUT2D eigenvalue weighted by molar-refractivity contribution is 0.240. The number of benzene rings is 2. The molecular formula is C17H17FN4O. The van der Waals surface area contributed by atoms with Crippen molar-refractivity contribution in [2.24, 2.45) is 5.73 Å². The highest BCUT2D eigenvalue weighted by Gasteiger charge is 2.16. The molecule has 6 heteroatoms. The molecule has 23 heavy (non-hydrogen) atoms. The van der Waals surface area contributed by atoms with E-state index in [0.717, 1.165) is 10.9 Å². The van der Waals surface area contributed by atoms with Crippen molar-refractivity contribution in [3.63, 3.8) is 0 Å². The van der Waals surface area contributed by atoms with Gasteiger partial charge < -0.3 is 11.1 Å². The molecule has 1 amide bonds. The number of hydrogen-bond acceptors (Lipinski definition) is 3. The normalized spacial score (nSPS) is 10.9. The SMILES string of the molecule is NCCCNC(=O)n1nc(-c2ccc(F)cc2)c2ccccc21. The molecule has 3 rings (SSSR count). The number of carbonyl (C=O) groups excluding carboxylic acids is 1. The average molecular weight is 312 g/mol. The lowest BCUT2D eigenvalue weighted by atomic mass is 10.1. The van der Waals surface area contributed by atoms with Gasteiger partial charge in [-0.3, -0.25) is 0 Å². The molecule has 0 atom stereocenters. The van der Waals surface area contributed by atoms with E-state index in [2.05, 4.69) is 10.4 Å². The highest BCUT2D eigenvalue weighted by molar-refractivity contribution is 5.98. The standard InChI is InChI=1S/C17H17FN4O/c18-13-8-6-12(7-9-13)16-14-4-1-2-5-15(14)22(21-16)17(23)20-11-3-10-19/h1-2,4-9H,3,10-11,19H2,(H,20,23). The van der Waals surface area contributed by atoms with Gasteiger partial charge >= 0.3 is 6.03 Å². The molecule has 0 aliphatic carbocycles. The molecule has 118 valence electrons. The molecule has 3 aromatic rings. The third kappa shape index (κ3) is 3.07. The van der Waals surface area contributed by atoms with E-state index in [1.807, 2.05) is 24.3 Å². The Morgan fingerprint density at radius 2 is 1.91 bits per heavy atom. The third-order valence-corrected chi connectivity index (χ3v) is 3.55. The van der Waals surface area contributed by atoms with Crippen molar-refractivity contribution < 1.29 is 9.18 Å². The van der Waals surface area contributed by atoms with E-state index in [4.69, 9.17) is 5.73 Å². The maximum atomic E-state index is 13.1. The molecule has 0 fully saturated rings. The predicted octanol–water partition coefficient (Wildman–Crippen LogP) is 2.75. The molecule has 0 aliphatic rings. The molecule has 0 unspecified atom stereocenters. The van der Waals surface area contributed by atoms with Crippen LogP contribution in [-0.2, 0) is 0 Å². The van der Waals surface area contributed by atoms with Crippen molar-refractivity contribution in [1.29, 1.82) is 0 Å². The van der Waals surface area contributed by atoms with Gasteiger partial charge in [-0.05, 0) is 43.3 Å². The largest absolute Gasteiger partial charge is 0.342 e. The topological polar surface area (TPSA) is 72.9 Å². The van der Waals surface area contributed by atoms with Gasteiger partial charge in [0.05, 0.1) is 5.52 Å². The van der Waals surface area contributed by atoms with Crippen molar-refractivity contribution >= 4 is 16.9 Å². The first kappa shape index (κ1) is 15.2. The lowest BCUT2D eigenvalue weighted by Gasteiger charge is -2.04. The molecule has 0 spiro atoms. The molecule has 0 aliphatic heterocycles. The zero-order valence-electron chi connectivity index (χ0n) is 12.5. The zero-order chi connectivity index (χ0) is 16.2. The van der Waals surface area contributed by atoms with Gasteiger partial charge in [-0.25, -0.2) is 9.18 Å². The van der Waals surface area contributed by atoms with Crippen LogP contribution in [0.3, 0.4) is 0 Å². The number of nitrogens with zero attached hydrogens (tertiary/aromatic N) is 2. The summed E-state index contributed by atoms with van der Waals surface area (Å²) in [5, 5.41) is 8.05. The van der Waals surface area contributed by atoms with Crippen LogP contribution in [-0.4, -0.2) is 28.9 Å². The maximum Gasteiger partial charge on any atom is 0.342 e. The first-order valence-corrected chi connectivity index (χ1v) is 7.42. The second kappa shape index (κ2) is 6.58. The lowest BCUT2D eigenvalue weighted by Crippen LogP contribution is -2.31. The fraction of sp³-hybridized carbons (Fsp3) is 0.176. The van der Waals surface area contributed by atoms with Crippen LogP contribution in [0.2, 0.25) is 0 Å². The molecule has 5 nitrogen and oxygen atoms in total. The summed E-state index contributed by atoms with van der Waals surface area (Å²) in [6.45, 7) is 1.01. The van der Waals surface area contributed by atoms with E-state index in [1.54, 1.807) is 12.1 Å². The Morgan fingerprint density at radius 1 is 1.17 bits per heavy atom. The molecule has 0 saturated carbocycles. The van der Waals surface area contributed by atoms with Crippen LogP contribution in [0, 0.1) is 5.82 Å². The predicted molar refractivity (Wildman–Crippen MR) is 87.6 cm³/mol. The fourth-order valence-electron chi connectivity index (χ4n) is 2.41. The zero-order valence-corrected chi connectivity index (χ0v) is 12.5. The monoisotopic (exact) mass is 312 g/mol. The number of nitrogens with one attached hydrogen (secondary N) is 1. The Labute approximate surface area is 132 Å². The van der Waals surface area contributed by atoms with Gasteiger partial charge in [-0.1, -0.05) is 18.2 Å². The Kier molecular flexibility index (Phi) is 4.34. The van der Waals surface area contributed by atoms with E-state index >= 15 is 0 Å². The second-order valence-electron chi connectivity index (χ2n) is 5.16. The summed E-state index contributed by atoms with van der Waals surface area (Å²) in [6, 6.07) is 13.2. The Bertz CT molecular complexity index is 826. The van der Waals surface area contributed by atoms with Crippen LogP contribution in [0.4, 0.5) is 9.18 Å². The maximum absolute atomic E-state index is 13.1. The fourth-order valence-corrected chi connectivity index (χ4v) is 2.41. The van der Waals surface area contributed by atoms with E-state index < -0.39 is 0 Å². The minimum absolute atomic E-state index is 0.303. The highest BCUT2D eigenvalue weighted by Crippen LogP contribution is 2.27. The number of para-hydroxylation sites is 1. The highest BCUT2D eigenvalue weighted by atomic mass is 19.1. The van der Waals surface area contributed by atoms with Crippen molar-refractivity contribution in [2.75, 3.05) is 13.1 Å². The third-order valence-electron chi connectivity index (χ3n) is 3.55. The number of amides is 1. The van der Waals surface area contributed by atoms with Gasteiger partial charge in [0.1, 0.15) is 11.5 Å². The summed E-state index contributed by atoms with van der Waals surface area (Å²) in [7, 11) is 0. The van der Waals surface area contributed by atoms with Crippen molar-refractivity contribution in [1.82, 2.24) is 15.1 Å². The number of aromatic nitrogens is 2. The van der Waals surface area contributed by atoms with E-state index in [-0.39, 0.29) is 11.8 Å². The number of fused-ring (bicyclic) bond motifs is 1. The second-order valence-corrected chi connectivity index (χ2v) is 5.16. The molecule has 0 radical (unpaired) electrons. The van der Waals surface area contributed by atoms with E-state index in [9.17, 15) is 9.18 Å². The number of nitrogens with two attached hydrogens (primary N) is 1. The van der Waals surface area contributed by atoms with Gasteiger partial charge in [-0.2, -0.15) is 9.78 Å². The smallest absolute Gasteiger partial charge is 0.336 e. The summed E-state index contributed by atoms with van der Waals surface area (Å²) in [5.74, 6) is -0.308. The first-order chi connectivity index (χ1) is 11.2. The molecule has 0 bridgehead atoms. The minimum Gasteiger partial charge on any atom is -0.336 e. The first-order valence-electron chi connectivity index (χ1n) is 7.42.